The van der Waals surface area contributed by atoms with E-state index in [4.69, 9.17) is 5.11 Å². The fourth-order valence-electron chi connectivity index (χ4n) is 1.93. The molecule has 1 heterocycles. The molecule has 0 aromatic carbocycles. The number of rotatable bonds is 7. The van der Waals surface area contributed by atoms with Crippen molar-refractivity contribution in [1.29, 1.82) is 0 Å². The first kappa shape index (κ1) is 16.9. The summed E-state index contributed by atoms with van der Waals surface area (Å²) in [6.07, 6.45) is -0.104. The van der Waals surface area contributed by atoms with Gasteiger partial charge in [-0.3, -0.25) is 9.59 Å². The van der Waals surface area contributed by atoms with E-state index in [0.717, 1.165) is 0 Å². The monoisotopic (exact) mass is 308 g/mol. The number of carbonyl (C=O) groups excluding carboxylic acids is 1. The number of nitrogens with zero attached hydrogens (tertiary/aromatic N) is 2. The lowest BCUT2D eigenvalue weighted by Gasteiger charge is -2.33. The van der Waals surface area contributed by atoms with E-state index in [9.17, 15) is 18.0 Å². The maximum atomic E-state index is 12.0. The number of hydrogen-bond donors (Lipinski definition) is 1. The molecule has 0 unspecified atom stereocenters. The van der Waals surface area contributed by atoms with Crippen LogP contribution in [0.4, 0.5) is 0 Å². The zero-order valence-electron chi connectivity index (χ0n) is 11.4. The summed E-state index contributed by atoms with van der Waals surface area (Å²) in [6.45, 7) is 2.08. The van der Waals surface area contributed by atoms with Crippen molar-refractivity contribution in [3.8, 4) is 0 Å². The Labute approximate surface area is 118 Å². The van der Waals surface area contributed by atoms with Gasteiger partial charge in [-0.15, -0.1) is 0 Å². The molecule has 0 spiro atoms. The molecular formula is C11H20N2O6S. The maximum Gasteiger partial charge on any atom is 0.306 e. The Hall–Kier alpha value is -1.19. The Balaban J connectivity index is 2.39. The predicted molar refractivity (Wildman–Crippen MR) is 70.7 cm³/mol. The van der Waals surface area contributed by atoms with Crippen molar-refractivity contribution in [2.45, 2.75) is 12.8 Å². The van der Waals surface area contributed by atoms with Gasteiger partial charge in [-0.2, -0.15) is 4.31 Å². The molecule has 20 heavy (non-hydrogen) atoms. The molecule has 0 amide bonds. The highest BCUT2D eigenvalue weighted by molar-refractivity contribution is 7.89. The van der Waals surface area contributed by atoms with Crippen LogP contribution in [0.5, 0.6) is 0 Å². The van der Waals surface area contributed by atoms with Crippen molar-refractivity contribution in [3.63, 3.8) is 0 Å². The minimum absolute atomic E-state index is 0.0507. The van der Waals surface area contributed by atoms with Gasteiger partial charge in [0, 0.05) is 32.7 Å². The van der Waals surface area contributed by atoms with Gasteiger partial charge in [-0.05, 0) is 0 Å². The number of piperazine rings is 1. The van der Waals surface area contributed by atoms with Crippen molar-refractivity contribution < 1.29 is 27.9 Å². The highest BCUT2D eigenvalue weighted by atomic mass is 32.2. The highest BCUT2D eigenvalue weighted by Crippen LogP contribution is 2.09. The first-order valence-corrected chi connectivity index (χ1v) is 7.95. The quantitative estimate of drug-likeness (QED) is 0.600. The number of carboxylic acid groups (broad SMARTS) is 1. The van der Waals surface area contributed by atoms with E-state index in [1.807, 2.05) is 4.90 Å². The van der Waals surface area contributed by atoms with Crippen LogP contribution in [0.2, 0.25) is 0 Å². The van der Waals surface area contributed by atoms with Crippen LogP contribution in [-0.4, -0.2) is 80.3 Å². The average molecular weight is 308 g/mol. The summed E-state index contributed by atoms with van der Waals surface area (Å²) in [5.41, 5.74) is 0. The maximum absolute atomic E-state index is 12.0. The molecule has 1 aliphatic heterocycles. The van der Waals surface area contributed by atoms with E-state index in [1.165, 1.54) is 11.4 Å². The number of sulfonamides is 1. The van der Waals surface area contributed by atoms with E-state index in [2.05, 4.69) is 4.74 Å². The average Bonchev–Trinajstić information content (AvgIpc) is 2.43. The van der Waals surface area contributed by atoms with Crippen LogP contribution in [-0.2, 0) is 24.3 Å². The zero-order chi connectivity index (χ0) is 15.2. The molecule has 1 saturated heterocycles. The molecule has 9 heteroatoms. The molecule has 0 aromatic heterocycles. The largest absolute Gasteiger partial charge is 0.481 e. The fourth-order valence-corrected chi connectivity index (χ4v) is 3.33. The number of carbonyl (C=O) groups is 2. The normalized spacial score (nSPS) is 17.9. The smallest absolute Gasteiger partial charge is 0.306 e. The van der Waals surface area contributed by atoms with Gasteiger partial charge in [-0.1, -0.05) is 0 Å². The van der Waals surface area contributed by atoms with Crippen molar-refractivity contribution in [1.82, 2.24) is 9.21 Å². The van der Waals surface area contributed by atoms with Crippen LogP contribution in [0.3, 0.4) is 0 Å². The third-order valence-corrected chi connectivity index (χ3v) is 5.03. The first-order valence-electron chi connectivity index (χ1n) is 6.34. The van der Waals surface area contributed by atoms with Gasteiger partial charge in [0.2, 0.25) is 10.0 Å². The summed E-state index contributed by atoms with van der Waals surface area (Å²) >= 11 is 0. The summed E-state index contributed by atoms with van der Waals surface area (Å²) in [5.74, 6) is -1.67. The number of aliphatic carboxylic acids is 1. The standard InChI is InChI=1S/C11H20N2O6S/c1-19-11(16)3-9-20(17,18)13-7-5-12(6-8-13)4-2-10(14)15/h2-9H2,1H3,(H,14,15). The molecule has 0 aliphatic carbocycles. The van der Waals surface area contributed by atoms with Gasteiger partial charge in [0.05, 0.1) is 25.7 Å². The molecule has 8 nitrogen and oxygen atoms in total. The van der Waals surface area contributed by atoms with Crippen LogP contribution < -0.4 is 0 Å². The molecule has 0 saturated carbocycles. The first-order chi connectivity index (χ1) is 9.35. The fraction of sp³-hybridized carbons (Fsp3) is 0.818. The number of carboxylic acids is 1. The second-order valence-electron chi connectivity index (χ2n) is 4.53. The Bertz CT molecular complexity index is 442. The van der Waals surface area contributed by atoms with Gasteiger partial charge < -0.3 is 14.7 Å². The van der Waals surface area contributed by atoms with E-state index in [-0.39, 0.29) is 18.6 Å². The van der Waals surface area contributed by atoms with E-state index < -0.39 is 22.0 Å². The van der Waals surface area contributed by atoms with Crippen LogP contribution in [0.25, 0.3) is 0 Å². The number of ether oxygens (including phenoxy) is 1. The summed E-state index contributed by atoms with van der Waals surface area (Å²) < 4.78 is 29.7. The number of methoxy groups -OCH3 is 1. The van der Waals surface area contributed by atoms with Crippen LogP contribution in [0.1, 0.15) is 12.8 Å². The lowest BCUT2D eigenvalue weighted by atomic mass is 10.3. The SMILES string of the molecule is COC(=O)CCS(=O)(=O)N1CCN(CCC(=O)O)CC1. The van der Waals surface area contributed by atoms with Crippen molar-refractivity contribution >= 4 is 22.0 Å². The molecule has 116 valence electrons. The molecule has 0 radical (unpaired) electrons. The Morgan fingerprint density at radius 1 is 1.15 bits per heavy atom. The molecule has 1 fully saturated rings. The number of hydrogen-bond acceptors (Lipinski definition) is 6. The van der Waals surface area contributed by atoms with Crippen molar-refractivity contribution in [3.05, 3.63) is 0 Å². The second kappa shape index (κ2) is 7.55. The molecule has 0 aromatic rings. The summed E-state index contributed by atoms with van der Waals surface area (Å²) in [5, 5.41) is 8.59. The van der Waals surface area contributed by atoms with Crippen LogP contribution in [0.15, 0.2) is 0 Å². The summed E-state index contributed by atoms with van der Waals surface area (Å²) in [7, 11) is -2.24. The topological polar surface area (TPSA) is 104 Å². The van der Waals surface area contributed by atoms with Gasteiger partial charge in [0.15, 0.2) is 0 Å². The van der Waals surface area contributed by atoms with E-state index in [0.29, 0.717) is 32.7 Å². The van der Waals surface area contributed by atoms with Gasteiger partial charge >= 0.3 is 11.9 Å². The third-order valence-electron chi connectivity index (χ3n) is 3.16. The van der Waals surface area contributed by atoms with Gasteiger partial charge in [-0.25, -0.2) is 8.42 Å². The Kier molecular flexibility index (Phi) is 6.37. The van der Waals surface area contributed by atoms with E-state index in [1.54, 1.807) is 0 Å². The minimum Gasteiger partial charge on any atom is -0.481 e. The zero-order valence-corrected chi connectivity index (χ0v) is 12.3. The van der Waals surface area contributed by atoms with Gasteiger partial charge in [0.25, 0.3) is 0 Å². The predicted octanol–water partition coefficient (Wildman–Crippen LogP) is -1.03. The number of esters is 1. The van der Waals surface area contributed by atoms with Crippen LogP contribution in [0, 0.1) is 0 Å². The summed E-state index contributed by atoms with van der Waals surface area (Å²) in [6, 6.07) is 0. The van der Waals surface area contributed by atoms with Crippen molar-refractivity contribution in [2.75, 3.05) is 45.6 Å². The molecule has 0 atom stereocenters. The lowest BCUT2D eigenvalue weighted by molar-refractivity contribution is -0.140. The summed E-state index contributed by atoms with van der Waals surface area (Å²) in [4.78, 5) is 23.4. The second-order valence-corrected chi connectivity index (χ2v) is 6.62. The molecular weight excluding hydrogens is 288 g/mol. The third kappa shape index (κ3) is 5.43. The lowest BCUT2D eigenvalue weighted by Crippen LogP contribution is -2.49. The highest BCUT2D eigenvalue weighted by Gasteiger charge is 2.27. The minimum atomic E-state index is -3.45. The Morgan fingerprint density at radius 2 is 1.75 bits per heavy atom. The van der Waals surface area contributed by atoms with E-state index >= 15 is 0 Å². The van der Waals surface area contributed by atoms with Gasteiger partial charge in [0.1, 0.15) is 0 Å². The van der Waals surface area contributed by atoms with Crippen molar-refractivity contribution in [2.24, 2.45) is 0 Å². The van der Waals surface area contributed by atoms with Crippen LogP contribution >= 0.6 is 0 Å². The molecule has 1 rings (SSSR count). The molecule has 1 aliphatic rings. The molecule has 1 N–H and O–H groups in total. The molecule has 0 bridgehead atoms. The Morgan fingerprint density at radius 3 is 2.25 bits per heavy atom.